The van der Waals surface area contributed by atoms with Crippen LogP contribution in [0.5, 0.6) is 0 Å². The van der Waals surface area contributed by atoms with Crippen molar-refractivity contribution in [2.75, 3.05) is 5.32 Å². The Labute approximate surface area is 219 Å². The van der Waals surface area contributed by atoms with Crippen molar-refractivity contribution < 1.29 is 22.8 Å². The Morgan fingerprint density at radius 3 is 2.64 bits per heavy atom. The van der Waals surface area contributed by atoms with Gasteiger partial charge in [0.25, 0.3) is 11.8 Å². The van der Waals surface area contributed by atoms with Crippen molar-refractivity contribution in [1.82, 2.24) is 24.9 Å². The Hall–Kier alpha value is -3.35. The summed E-state index contributed by atoms with van der Waals surface area (Å²) in [6.45, 7) is 3.92. The first-order chi connectivity index (χ1) is 16.7. The summed E-state index contributed by atoms with van der Waals surface area (Å²) >= 11 is 7.26. The minimum atomic E-state index is -1.22. The van der Waals surface area contributed by atoms with Gasteiger partial charge in [-0.25, -0.2) is 13.8 Å². The molecule has 3 N–H and O–H groups in total. The van der Waals surface area contributed by atoms with E-state index in [1.165, 1.54) is 22.5 Å². The van der Waals surface area contributed by atoms with Crippen LogP contribution in [0.4, 0.5) is 14.6 Å². The molecule has 0 fully saturated rings. The van der Waals surface area contributed by atoms with Gasteiger partial charge < -0.3 is 15.1 Å². The molecule has 0 spiro atoms. The number of rotatable bonds is 8. The van der Waals surface area contributed by atoms with Crippen molar-refractivity contribution in [3.05, 3.63) is 80.1 Å². The van der Waals surface area contributed by atoms with Crippen molar-refractivity contribution in [3.8, 4) is 0 Å². The lowest BCUT2D eigenvalue weighted by Crippen LogP contribution is -2.23. The average molecular weight is 557 g/mol. The molecular weight excluding hydrogens is 537 g/mol. The lowest BCUT2D eigenvalue weighted by Gasteiger charge is -2.05. The number of benzene rings is 1. The number of aromatic nitrogens is 4. The second-order valence-corrected chi connectivity index (χ2v) is 8.78. The standard InChI is InChI=1S/C22H19ClF2N6O3S.ClH/c1-3-12-4-11(31-35-12)5-20-27-10(2)18(34-20)9-26-22(33)17-8-19(30-29-17)28-21(32)13-6-15(24)16(25)7-14(13)23;/h4,6-8H,3,5,9H2,1-2H3,(H,26,33)(H2,28,29,30,32);1H. The summed E-state index contributed by atoms with van der Waals surface area (Å²) in [7, 11) is 0. The van der Waals surface area contributed by atoms with E-state index in [9.17, 15) is 18.4 Å². The van der Waals surface area contributed by atoms with Gasteiger partial charge in [0.15, 0.2) is 17.5 Å². The van der Waals surface area contributed by atoms with Crippen molar-refractivity contribution in [3.63, 3.8) is 0 Å². The number of aryl methyl sites for hydroxylation is 2. The number of oxazole rings is 1. The van der Waals surface area contributed by atoms with Crippen LogP contribution in [-0.2, 0) is 19.4 Å². The van der Waals surface area contributed by atoms with Crippen LogP contribution < -0.4 is 10.6 Å². The normalized spacial score (nSPS) is 10.7. The highest BCUT2D eigenvalue weighted by Crippen LogP contribution is 2.21. The fourth-order valence-electron chi connectivity index (χ4n) is 3.13. The van der Waals surface area contributed by atoms with E-state index < -0.39 is 23.4 Å². The summed E-state index contributed by atoms with van der Waals surface area (Å²) in [5.41, 5.74) is 1.30. The maximum Gasteiger partial charge on any atom is 0.269 e. The van der Waals surface area contributed by atoms with Crippen molar-refractivity contribution in [2.45, 2.75) is 33.2 Å². The van der Waals surface area contributed by atoms with Crippen LogP contribution in [0.3, 0.4) is 0 Å². The van der Waals surface area contributed by atoms with Crippen molar-refractivity contribution in [1.29, 1.82) is 0 Å². The number of carbonyl (C=O) groups is 2. The van der Waals surface area contributed by atoms with Crippen LogP contribution in [0, 0.1) is 18.6 Å². The van der Waals surface area contributed by atoms with E-state index in [0.29, 0.717) is 35.9 Å². The second-order valence-electron chi connectivity index (χ2n) is 7.48. The van der Waals surface area contributed by atoms with E-state index in [0.717, 1.165) is 12.1 Å². The first kappa shape index (κ1) is 27.2. The number of nitrogens with zero attached hydrogens (tertiary/aromatic N) is 3. The lowest BCUT2D eigenvalue weighted by molar-refractivity contribution is 0.0942. The SMILES string of the molecule is CCc1cc(Cc2nc(C)c(CNC(=O)c3cc(NC(=O)c4cc(F)c(F)cc4Cl)n[nH]3)o2)ns1.Cl. The van der Waals surface area contributed by atoms with E-state index >= 15 is 0 Å². The molecule has 4 rings (SSSR count). The Morgan fingerprint density at radius 2 is 1.92 bits per heavy atom. The smallest absolute Gasteiger partial charge is 0.269 e. The number of aromatic amines is 1. The molecular formula is C22H20Cl2F2N6O3S. The first-order valence-electron chi connectivity index (χ1n) is 10.4. The molecule has 0 atom stereocenters. The minimum Gasteiger partial charge on any atom is -0.443 e. The van der Waals surface area contributed by atoms with E-state index in [2.05, 4.69) is 37.1 Å². The van der Waals surface area contributed by atoms with Gasteiger partial charge in [-0.3, -0.25) is 14.7 Å². The molecule has 9 nitrogen and oxygen atoms in total. The minimum absolute atomic E-state index is 0. The van der Waals surface area contributed by atoms with Gasteiger partial charge in [0, 0.05) is 10.9 Å². The topological polar surface area (TPSA) is 126 Å². The second kappa shape index (κ2) is 11.6. The zero-order valence-corrected chi connectivity index (χ0v) is 21.3. The summed E-state index contributed by atoms with van der Waals surface area (Å²) in [5, 5.41) is 11.1. The third-order valence-electron chi connectivity index (χ3n) is 4.95. The molecule has 0 radical (unpaired) electrons. The highest BCUT2D eigenvalue weighted by molar-refractivity contribution is 7.05. The third kappa shape index (κ3) is 6.25. The number of hydrogen-bond donors (Lipinski definition) is 3. The van der Waals surface area contributed by atoms with Gasteiger partial charge in [-0.05, 0) is 43.1 Å². The number of nitrogens with one attached hydrogen (secondary N) is 3. The van der Waals surface area contributed by atoms with Crippen molar-refractivity contribution in [2.24, 2.45) is 0 Å². The number of hydrogen-bond acceptors (Lipinski definition) is 7. The Kier molecular flexibility index (Phi) is 8.77. The largest absolute Gasteiger partial charge is 0.443 e. The van der Waals surface area contributed by atoms with Gasteiger partial charge in [-0.2, -0.15) is 9.47 Å². The van der Waals surface area contributed by atoms with E-state index in [1.54, 1.807) is 6.92 Å². The van der Waals surface area contributed by atoms with Crippen LogP contribution in [-0.4, -0.2) is 31.4 Å². The van der Waals surface area contributed by atoms with Gasteiger partial charge in [0.1, 0.15) is 11.5 Å². The van der Waals surface area contributed by atoms with Crippen LogP contribution in [0.25, 0.3) is 0 Å². The van der Waals surface area contributed by atoms with Crippen LogP contribution in [0.1, 0.15) is 55.7 Å². The zero-order valence-electron chi connectivity index (χ0n) is 18.9. The highest BCUT2D eigenvalue weighted by atomic mass is 35.5. The predicted octanol–water partition coefficient (Wildman–Crippen LogP) is 4.85. The number of anilines is 1. The summed E-state index contributed by atoms with van der Waals surface area (Å²) < 4.78 is 36.8. The summed E-state index contributed by atoms with van der Waals surface area (Å²) in [5.74, 6) is -2.72. The summed E-state index contributed by atoms with van der Waals surface area (Å²) in [6.07, 6.45) is 1.37. The van der Waals surface area contributed by atoms with E-state index in [-0.39, 0.29) is 41.0 Å². The van der Waals surface area contributed by atoms with Crippen LogP contribution in [0.2, 0.25) is 5.02 Å². The van der Waals surface area contributed by atoms with Gasteiger partial charge in [0.2, 0.25) is 5.89 Å². The number of H-pyrrole nitrogens is 1. The molecule has 0 saturated carbocycles. The molecule has 36 heavy (non-hydrogen) atoms. The molecule has 190 valence electrons. The molecule has 0 aliphatic heterocycles. The molecule has 14 heteroatoms. The molecule has 0 aliphatic carbocycles. The molecule has 0 unspecified atom stereocenters. The monoisotopic (exact) mass is 556 g/mol. The summed E-state index contributed by atoms with van der Waals surface area (Å²) in [4.78, 5) is 30.4. The van der Waals surface area contributed by atoms with Gasteiger partial charge in [-0.1, -0.05) is 18.5 Å². The molecule has 0 aliphatic rings. The Morgan fingerprint density at radius 1 is 1.17 bits per heavy atom. The quantitative estimate of drug-likeness (QED) is 0.266. The molecule has 4 aromatic rings. The number of amides is 2. The van der Waals surface area contributed by atoms with E-state index in [1.807, 2.05) is 6.07 Å². The van der Waals surface area contributed by atoms with E-state index in [4.69, 9.17) is 16.0 Å². The van der Waals surface area contributed by atoms with Gasteiger partial charge in [0.05, 0.1) is 34.9 Å². The number of carbonyl (C=O) groups excluding carboxylic acids is 2. The van der Waals surface area contributed by atoms with Crippen molar-refractivity contribution >= 4 is 53.2 Å². The van der Waals surface area contributed by atoms with Gasteiger partial charge in [-0.15, -0.1) is 12.4 Å². The average Bonchev–Trinajstić information content (AvgIpc) is 3.55. The molecule has 0 bridgehead atoms. The Bertz CT molecular complexity index is 1400. The fourth-order valence-corrected chi connectivity index (χ4v) is 4.03. The Balaban J connectivity index is 0.00000361. The molecule has 2 amide bonds. The van der Waals surface area contributed by atoms with Crippen LogP contribution >= 0.6 is 35.5 Å². The first-order valence-corrected chi connectivity index (χ1v) is 11.6. The fraction of sp³-hybridized carbons (Fsp3) is 0.227. The highest BCUT2D eigenvalue weighted by Gasteiger charge is 2.18. The van der Waals surface area contributed by atoms with Gasteiger partial charge >= 0.3 is 0 Å². The maximum atomic E-state index is 13.4. The summed E-state index contributed by atoms with van der Waals surface area (Å²) in [6, 6.07) is 4.68. The molecule has 1 aromatic carbocycles. The maximum absolute atomic E-state index is 13.4. The molecule has 0 saturated heterocycles. The predicted molar refractivity (Wildman–Crippen MR) is 132 cm³/mol. The molecule has 3 aromatic heterocycles. The number of halogens is 4. The van der Waals surface area contributed by atoms with Crippen LogP contribution in [0.15, 0.2) is 28.7 Å². The molecule has 3 heterocycles. The lowest BCUT2D eigenvalue weighted by atomic mass is 10.2. The third-order valence-corrected chi connectivity index (χ3v) is 6.23. The zero-order chi connectivity index (χ0) is 25.1.